The van der Waals surface area contributed by atoms with Crippen molar-refractivity contribution in [2.45, 2.75) is 54.4 Å². The van der Waals surface area contributed by atoms with Crippen molar-refractivity contribution in [3.8, 4) is 79.0 Å². The molecule has 0 spiro atoms. The molecule has 7 rings (SSSR count). The van der Waals surface area contributed by atoms with Crippen molar-refractivity contribution in [3.05, 3.63) is 242 Å². The highest BCUT2D eigenvalue weighted by Crippen LogP contribution is 2.35. The number of methoxy groups -OCH3 is 1. The monoisotopic (exact) mass is 1130 g/mol. The summed E-state index contributed by atoms with van der Waals surface area (Å²) in [5, 5.41) is 0. The minimum absolute atomic E-state index is 0.308. The second kappa shape index (κ2) is 30.9. The smallest absolute Gasteiger partial charge is 0.338 e. The molecule has 430 valence electrons. The van der Waals surface area contributed by atoms with Gasteiger partial charge in [-0.1, -0.05) is 124 Å². The molecule has 0 radical (unpaired) electrons. The summed E-state index contributed by atoms with van der Waals surface area (Å²) in [6, 6.07) is 46.0. The summed E-state index contributed by atoms with van der Waals surface area (Å²) in [6.45, 7) is 31.2. The largest absolute Gasteiger partial charge is 0.496 e. The molecule has 84 heavy (non-hydrogen) atoms. The van der Waals surface area contributed by atoms with E-state index in [2.05, 4.69) is 39.5 Å². The van der Waals surface area contributed by atoms with Crippen molar-refractivity contribution >= 4 is 35.8 Å². The van der Waals surface area contributed by atoms with Gasteiger partial charge in [-0.05, 0) is 160 Å². The lowest BCUT2D eigenvalue weighted by Gasteiger charge is -2.12. The number of carbonyl (C=O) groups is 6. The summed E-state index contributed by atoms with van der Waals surface area (Å²) in [5.41, 5.74) is 9.53. The molecule has 14 heteroatoms. The van der Waals surface area contributed by atoms with Crippen LogP contribution in [0.5, 0.6) is 34.5 Å². The molecule has 0 atom stereocenters. The Hall–Kier alpha value is -10.5. The fraction of sp³-hybridized carbons (Fsp3) is 0.143. The molecule has 0 aromatic heterocycles. The molecule has 0 aliphatic carbocycles. The zero-order valence-electron chi connectivity index (χ0n) is 48.1. The van der Waals surface area contributed by atoms with E-state index < -0.39 is 29.8 Å². The second-order valence-electron chi connectivity index (χ2n) is 19.2. The van der Waals surface area contributed by atoms with Crippen molar-refractivity contribution in [2.24, 2.45) is 0 Å². The molecular formula is C70H65FO13. The first-order chi connectivity index (χ1) is 39.9. The lowest BCUT2D eigenvalue weighted by atomic mass is 9.98. The van der Waals surface area contributed by atoms with Crippen LogP contribution in [0.2, 0.25) is 0 Å². The molecule has 0 aliphatic heterocycles. The van der Waals surface area contributed by atoms with Gasteiger partial charge in [0.1, 0.15) is 40.3 Å². The molecule has 7 aromatic carbocycles. The van der Waals surface area contributed by atoms with E-state index >= 15 is 0 Å². The topological polar surface area (TPSA) is 167 Å². The van der Waals surface area contributed by atoms with Crippen LogP contribution in [-0.2, 0) is 39.9 Å². The van der Waals surface area contributed by atoms with Gasteiger partial charge in [-0.3, -0.25) is 0 Å². The van der Waals surface area contributed by atoms with Crippen LogP contribution >= 0.6 is 0 Å². The van der Waals surface area contributed by atoms with E-state index in [1.165, 1.54) is 13.2 Å². The van der Waals surface area contributed by atoms with Crippen molar-refractivity contribution < 1.29 is 66.3 Å². The maximum atomic E-state index is 14.9. The van der Waals surface area contributed by atoms with Crippen LogP contribution in [0.25, 0.3) is 44.5 Å². The quantitative estimate of drug-likeness (QED) is 0.0306. The van der Waals surface area contributed by atoms with Crippen LogP contribution in [0.15, 0.2) is 231 Å². The highest BCUT2D eigenvalue weighted by atomic mass is 19.1. The Morgan fingerprint density at radius 2 is 0.655 bits per heavy atom. The average molecular weight is 1130 g/mol. The SMILES string of the molecule is C=C(C)C(=O)OCCCc1ccc(-c2ccc(-c3ccc(OC(=O)C(=C)C)cc3)c(F)c2)cc1.C=C(C)C(=O)Oc1ccc(-c2ccc(OC(=O)C(=C)C)cc2)cc1.C=C(C)C(=O)Oc1ccc(-c2ccc(OC(=O)C(=C)C)cc2OC)cc1. The molecule has 0 aliphatic rings. The number of aryl methyl sites for hydroxylation is 1. The van der Waals surface area contributed by atoms with E-state index in [1.807, 2.05) is 54.6 Å². The van der Waals surface area contributed by atoms with Gasteiger partial charge in [-0.25, -0.2) is 33.2 Å². The molecular weight excluding hydrogens is 1070 g/mol. The van der Waals surface area contributed by atoms with Crippen molar-refractivity contribution in [1.82, 2.24) is 0 Å². The minimum atomic E-state index is -0.500. The lowest BCUT2D eigenvalue weighted by molar-refractivity contribution is -0.139. The third kappa shape index (κ3) is 19.7. The van der Waals surface area contributed by atoms with Crippen LogP contribution in [-0.4, -0.2) is 49.5 Å². The number of halogens is 1. The van der Waals surface area contributed by atoms with Gasteiger partial charge in [0.2, 0.25) is 0 Å². The van der Waals surface area contributed by atoms with Gasteiger partial charge in [0.15, 0.2) is 0 Å². The van der Waals surface area contributed by atoms with Crippen molar-refractivity contribution in [3.63, 3.8) is 0 Å². The maximum Gasteiger partial charge on any atom is 0.338 e. The molecule has 0 unspecified atom stereocenters. The predicted molar refractivity (Wildman–Crippen MR) is 324 cm³/mol. The fourth-order valence-electron chi connectivity index (χ4n) is 7.14. The number of hydrogen-bond acceptors (Lipinski definition) is 13. The van der Waals surface area contributed by atoms with Gasteiger partial charge < -0.3 is 33.2 Å². The van der Waals surface area contributed by atoms with Crippen LogP contribution < -0.4 is 28.4 Å². The summed E-state index contributed by atoms with van der Waals surface area (Å²) in [7, 11) is 1.53. The predicted octanol–water partition coefficient (Wildman–Crippen LogP) is 15.3. The average Bonchev–Trinajstić information content (AvgIpc) is 2.90. The first-order valence-corrected chi connectivity index (χ1v) is 26.1. The summed E-state index contributed by atoms with van der Waals surface area (Å²) in [4.78, 5) is 69.1. The number of ether oxygens (including phenoxy) is 7. The van der Waals surface area contributed by atoms with E-state index in [9.17, 15) is 33.2 Å². The summed E-state index contributed by atoms with van der Waals surface area (Å²) in [6.07, 6.45) is 1.49. The normalized spacial score (nSPS) is 10.1. The van der Waals surface area contributed by atoms with E-state index in [0.717, 1.165) is 45.4 Å². The Morgan fingerprint density at radius 3 is 1.01 bits per heavy atom. The number of esters is 6. The Bertz CT molecular complexity index is 3540. The van der Waals surface area contributed by atoms with Crippen LogP contribution in [0.4, 0.5) is 4.39 Å². The molecule has 0 fully saturated rings. The maximum absolute atomic E-state index is 14.9. The van der Waals surface area contributed by atoms with Crippen LogP contribution in [0.1, 0.15) is 53.5 Å². The highest BCUT2D eigenvalue weighted by molar-refractivity contribution is 5.91. The van der Waals surface area contributed by atoms with E-state index in [4.69, 9.17) is 33.2 Å². The molecule has 7 aromatic rings. The van der Waals surface area contributed by atoms with Gasteiger partial charge in [0, 0.05) is 50.6 Å². The van der Waals surface area contributed by atoms with Gasteiger partial charge in [-0.15, -0.1) is 0 Å². The molecule has 0 heterocycles. The van der Waals surface area contributed by atoms with Gasteiger partial charge >= 0.3 is 35.8 Å². The number of carbonyl (C=O) groups excluding carboxylic acids is 6. The van der Waals surface area contributed by atoms with Crippen LogP contribution in [0, 0.1) is 5.82 Å². The van der Waals surface area contributed by atoms with Gasteiger partial charge in [0.25, 0.3) is 0 Å². The summed E-state index contributed by atoms with van der Waals surface area (Å²) >= 11 is 0. The second-order valence-corrected chi connectivity index (χ2v) is 19.2. The van der Waals surface area contributed by atoms with E-state index in [1.54, 1.807) is 139 Å². The first-order valence-electron chi connectivity index (χ1n) is 26.1. The standard InChI is InChI=1S/C29H27FO4.C21H20O5.C20H18O4/c1-19(2)28(31)33-17-5-6-21-7-9-22(10-8-21)24-13-16-26(27(30)18-24)23-11-14-25(15-12-23)34-29(32)20(3)4;1-13(2)20(22)25-16-8-6-15(7-9-16)18-11-10-17(12-19(18)24-5)26-21(23)14(3)4;1-13(2)19(21)23-17-9-5-15(6-10-17)16-7-11-18(12-8-16)24-20(22)14(3)4/h7-16,18H,1,3,5-6,17H2,2,4H3;6-12H,1,3H2,2,4-5H3;5-12H,1,3H2,2,4H3. The van der Waals surface area contributed by atoms with E-state index in [-0.39, 0.29) is 11.8 Å². The fourth-order valence-corrected chi connectivity index (χ4v) is 7.14. The van der Waals surface area contributed by atoms with Gasteiger partial charge in [0.05, 0.1) is 13.7 Å². The van der Waals surface area contributed by atoms with Gasteiger partial charge in [-0.2, -0.15) is 0 Å². The molecule has 13 nitrogen and oxygen atoms in total. The number of benzene rings is 7. The number of rotatable bonds is 20. The zero-order valence-corrected chi connectivity index (χ0v) is 48.1. The Morgan fingerprint density at radius 1 is 0.357 bits per heavy atom. The summed E-state index contributed by atoms with van der Waals surface area (Å²) in [5.74, 6) is -0.459. The van der Waals surface area contributed by atoms with Crippen LogP contribution in [0.3, 0.4) is 0 Å². The van der Waals surface area contributed by atoms with E-state index in [0.29, 0.717) is 92.1 Å². The molecule has 0 saturated carbocycles. The third-order valence-corrected chi connectivity index (χ3v) is 11.8. The molecule has 0 saturated heterocycles. The molecule has 0 N–H and O–H groups in total. The Balaban J connectivity index is 0.000000235. The molecule has 0 bridgehead atoms. The molecule has 0 amide bonds. The van der Waals surface area contributed by atoms with Crippen molar-refractivity contribution in [2.75, 3.05) is 13.7 Å². The minimum Gasteiger partial charge on any atom is -0.496 e. The lowest BCUT2D eigenvalue weighted by Crippen LogP contribution is -2.08. The Kier molecular flexibility index (Phi) is 23.7. The number of hydrogen-bond donors (Lipinski definition) is 0. The Labute approximate surface area is 489 Å². The zero-order chi connectivity index (χ0) is 61.6. The third-order valence-electron chi connectivity index (χ3n) is 11.8. The summed E-state index contributed by atoms with van der Waals surface area (Å²) < 4.78 is 51.3. The highest BCUT2D eigenvalue weighted by Gasteiger charge is 2.15. The first kappa shape index (κ1) is 64.4. The van der Waals surface area contributed by atoms with Crippen molar-refractivity contribution in [1.29, 1.82) is 0 Å².